The molecule has 8 N–H and O–H groups in total. The molecule has 0 spiro atoms. The number of ether oxygens (including phenoxy) is 5. The van der Waals surface area contributed by atoms with Crippen LogP contribution in [0.1, 0.15) is 104 Å². The lowest BCUT2D eigenvalue weighted by Crippen LogP contribution is -2.44. The second-order valence-electron chi connectivity index (χ2n) is 25.7. The van der Waals surface area contributed by atoms with Crippen molar-refractivity contribution in [2.24, 2.45) is 17.8 Å². The largest absolute Gasteiger partial charge is 0.454 e. The molecule has 0 aliphatic heterocycles. The lowest BCUT2D eigenvalue weighted by Gasteiger charge is -2.34. The number of aliphatic hydroxyl groups is 2. The SMILES string of the molecule is C.CC(C)(C)OC(=O)N(C(=O)OC(C)(C)C)c1ncnc2c1c(Oc1cc(C(F)(F)F)ccn1)nn2CC1CC(O)C1.Nc1ncnc2c1c(Oc1cc(C(F)(F)F)ccn1)nn2CC1CC(B(O)O)C1.Nc1ncnc2c1c(Oc1cc(C(F)(F)F)ccn1)nn2CC1CC(O)C1.O=CC(F)(F)F. The molecular formula is C61H67BF12N18O12. The van der Waals surface area contributed by atoms with Gasteiger partial charge in [-0.3, -0.25) is 4.79 Å². The van der Waals surface area contributed by atoms with E-state index in [-0.39, 0.29) is 107 Å². The fourth-order valence-corrected chi connectivity index (χ4v) is 10.4. The number of aliphatic hydroxyl groups excluding tert-OH is 2. The predicted molar refractivity (Wildman–Crippen MR) is 341 cm³/mol. The molecule has 3 aliphatic carbocycles. The minimum Gasteiger partial charge on any atom is -0.443 e. The van der Waals surface area contributed by atoms with E-state index in [1.54, 1.807) is 46.2 Å². The Labute approximate surface area is 580 Å². The minimum atomic E-state index is -4.66. The molecule has 3 saturated carbocycles. The summed E-state index contributed by atoms with van der Waals surface area (Å²) in [6, 6.07) is 4.71. The fourth-order valence-electron chi connectivity index (χ4n) is 10.4. The van der Waals surface area contributed by atoms with Crippen LogP contribution < -0.4 is 30.6 Å². The standard InChI is InChI=1S/C26H31F3N6O6.C16H16BF3N6O3.C16H15F3N6O2.C2HF3O.CH4/c1-24(2,3)40-22(37)35(23(38)41-25(4,5)6)20-18-19(31-13-32-20)34(12-14-9-16(36)10-14)33-21(18)39-17-11-15(7-8-30-17)26(27,28)29;18-16(19,20)9-1-2-22-11(5-9)29-15-12-13(21)23-7-24-14(12)26(25-15)6-8-3-10(4-8)17(27)28;17-16(18,19)9-1-2-21-11(5-9)27-15-12-13(20)22-7-23-14(12)25(24-15)6-8-3-10(26)4-8;3-2(4,5)1-6;/h7-8,11,13-14,16,36H,9-10,12H2,1-6H3;1-2,5,7-8,10,27-28H,3-4,6H2,(H2,21,23,24);1-2,5,7-8,10,26H,3-4,6H2,(H2,20,22,23);1H;1H4. The van der Waals surface area contributed by atoms with E-state index in [0.717, 1.165) is 55.2 Å². The maximum absolute atomic E-state index is 13.3. The zero-order valence-corrected chi connectivity index (χ0v) is 54.8. The van der Waals surface area contributed by atoms with Crippen LogP contribution in [0.3, 0.4) is 0 Å². The number of halogens is 12. The number of alkyl halides is 12. The Morgan fingerprint density at radius 3 is 1.12 bits per heavy atom. The van der Waals surface area contributed by atoms with Crippen LogP contribution in [0.5, 0.6) is 35.3 Å². The molecule has 12 rings (SSSR count). The van der Waals surface area contributed by atoms with Crippen molar-refractivity contribution in [2.75, 3.05) is 16.4 Å². The van der Waals surface area contributed by atoms with Gasteiger partial charge in [0.05, 0.1) is 28.9 Å². The normalized spacial score (nSPS) is 18.1. The molecule has 0 saturated heterocycles. The van der Waals surface area contributed by atoms with Gasteiger partial charge in [-0.1, -0.05) is 7.43 Å². The molecule has 9 aromatic rings. The summed E-state index contributed by atoms with van der Waals surface area (Å²) in [7, 11) is -1.36. The number of hydrogen-bond acceptors (Lipinski definition) is 26. The molecule has 2 amide bonds. The molecule has 43 heteroatoms. The molecule has 3 aliphatic rings. The Morgan fingerprint density at radius 2 is 0.827 bits per heavy atom. The van der Waals surface area contributed by atoms with Crippen molar-refractivity contribution < 1.29 is 111 Å². The third kappa shape index (κ3) is 20.3. The van der Waals surface area contributed by atoms with Gasteiger partial charge in [-0.05, 0) is 122 Å². The number of carbonyl (C=O) groups is 3. The highest BCUT2D eigenvalue weighted by atomic mass is 19.4. The number of carbonyl (C=O) groups excluding carboxylic acids is 3. The number of amides is 2. The summed E-state index contributed by atoms with van der Waals surface area (Å²) >= 11 is 0. The van der Waals surface area contributed by atoms with Crippen molar-refractivity contribution in [1.82, 2.24) is 74.2 Å². The Morgan fingerprint density at radius 1 is 0.519 bits per heavy atom. The zero-order chi connectivity index (χ0) is 75.5. The summed E-state index contributed by atoms with van der Waals surface area (Å²) < 4.78 is 181. The van der Waals surface area contributed by atoms with Crippen LogP contribution in [-0.2, 0) is 52.4 Å². The lowest BCUT2D eigenvalue weighted by atomic mass is 9.56. The number of pyridine rings is 3. The van der Waals surface area contributed by atoms with Gasteiger partial charge < -0.3 is 55.4 Å². The zero-order valence-electron chi connectivity index (χ0n) is 54.8. The van der Waals surface area contributed by atoms with E-state index in [1.807, 2.05) is 0 Å². The van der Waals surface area contributed by atoms with Gasteiger partial charge in [0.15, 0.2) is 22.8 Å². The van der Waals surface area contributed by atoms with Crippen LogP contribution >= 0.6 is 0 Å². The minimum absolute atomic E-state index is 0. The first-order valence-electron chi connectivity index (χ1n) is 30.8. The highest BCUT2D eigenvalue weighted by Crippen LogP contribution is 2.44. The van der Waals surface area contributed by atoms with Crippen molar-refractivity contribution >= 4 is 76.1 Å². The van der Waals surface area contributed by atoms with E-state index < -0.39 is 90.2 Å². The van der Waals surface area contributed by atoms with E-state index in [0.29, 0.717) is 79.3 Å². The van der Waals surface area contributed by atoms with Gasteiger partial charge in [-0.15, -0.1) is 15.3 Å². The van der Waals surface area contributed by atoms with Gasteiger partial charge in [-0.25, -0.2) is 68.5 Å². The van der Waals surface area contributed by atoms with Crippen molar-refractivity contribution in [3.63, 3.8) is 0 Å². The number of imide groups is 1. The third-order valence-electron chi connectivity index (χ3n) is 15.2. The molecular weight excluding hydrogens is 1420 g/mol. The lowest BCUT2D eigenvalue weighted by molar-refractivity contribution is -0.156. The second-order valence-corrected chi connectivity index (χ2v) is 25.7. The Bertz CT molecular complexity index is 4470. The molecule has 0 unspecified atom stereocenters. The van der Waals surface area contributed by atoms with Crippen molar-refractivity contribution in [3.8, 4) is 35.3 Å². The van der Waals surface area contributed by atoms with Crippen LogP contribution in [0, 0.1) is 17.8 Å². The van der Waals surface area contributed by atoms with E-state index in [2.05, 4.69) is 60.2 Å². The summed E-state index contributed by atoms with van der Waals surface area (Å²) in [4.78, 5) is 71.9. The molecule has 0 bridgehead atoms. The average Bonchev–Trinajstić information content (AvgIpc) is 1.65. The van der Waals surface area contributed by atoms with E-state index in [9.17, 15) is 82.5 Å². The average molecular weight is 1480 g/mol. The van der Waals surface area contributed by atoms with Gasteiger partial charge in [0.25, 0.3) is 17.6 Å². The molecule has 9 heterocycles. The summed E-state index contributed by atoms with van der Waals surface area (Å²) in [6.45, 7) is 10.8. The predicted octanol–water partition coefficient (Wildman–Crippen LogP) is 11.1. The van der Waals surface area contributed by atoms with Gasteiger partial charge >= 0.3 is 44.0 Å². The maximum Gasteiger partial charge on any atom is 0.454 e. The summed E-state index contributed by atoms with van der Waals surface area (Å²) in [5.74, 6) is -1.33. The quantitative estimate of drug-likeness (QED) is 0.0334. The molecule has 30 nitrogen and oxygen atoms in total. The van der Waals surface area contributed by atoms with Crippen LogP contribution in [0.4, 0.5) is 79.7 Å². The number of nitrogen functional groups attached to an aromatic ring is 2. The first-order valence-corrected chi connectivity index (χ1v) is 30.8. The maximum atomic E-state index is 13.3. The van der Waals surface area contributed by atoms with Gasteiger partial charge in [0, 0.05) is 56.4 Å². The number of nitrogens with two attached hydrogens (primary N) is 2. The van der Waals surface area contributed by atoms with Crippen molar-refractivity contribution in [3.05, 3.63) is 90.7 Å². The molecule has 0 radical (unpaired) electrons. The molecule has 9 aromatic heterocycles. The Balaban J connectivity index is 0.000000193. The third-order valence-corrected chi connectivity index (χ3v) is 15.2. The van der Waals surface area contributed by atoms with E-state index in [4.69, 9.17) is 39.9 Å². The van der Waals surface area contributed by atoms with Crippen LogP contribution in [0.15, 0.2) is 74.0 Å². The topological polar surface area (TPSA) is 403 Å². The van der Waals surface area contributed by atoms with Crippen LogP contribution in [-0.4, -0.2) is 150 Å². The smallest absolute Gasteiger partial charge is 0.443 e. The van der Waals surface area contributed by atoms with Gasteiger partial charge in [0.2, 0.25) is 23.9 Å². The van der Waals surface area contributed by atoms with E-state index in [1.165, 1.54) is 22.0 Å². The number of aromatic nitrogens is 15. The van der Waals surface area contributed by atoms with E-state index >= 15 is 0 Å². The highest BCUT2D eigenvalue weighted by Gasteiger charge is 2.41. The number of rotatable bonds is 14. The number of aldehydes is 1. The van der Waals surface area contributed by atoms with Gasteiger partial charge in [-0.2, -0.15) is 57.6 Å². The fraction of sp³-hybridized carbons (Fsp3) is 0.459. The van der Waals surface area contributed by atoms with Crippen LogP contribution in [0.2, 0.25) is 5.82 Å². The number of fused-ring (bicyclic) bond motifs is 3. The number of anilines is 3. The number of nitrogens with zero attached hydrogens (tertiary/aromatic N) is 16. The molecule has 3 fully saturated rings. The monoisotopic (exact) mass is 1480 g/mol. The molecule has 104 heavy (non-hydrogen) atoms. The number of hydrogen-bond donors (Lipinski definition) is 6. The van der Waals surface area contributed by atoms with Crippen molar-refractivity contribution in [1.29, 1.82) is 0 Å². The summed E-state index contributed by atoms with van der Waals surface area (Å²) in [5, 5.41) is 51.1. The van der Waals surface area contributed by atoms with Crippen molar-refractivity contribution in [2.45, 2.75) is 161 Å². The first-order chi connectivity index (χ1) is 48.0. The highest BCUT2D eigenvalue weighted by molar-refractivity contribution is 6.43. The first kappa shape index (κ1) is 79.3. The molecule has 0 atom stereocenters. The van der Waals surface area contributed by atoms with Crippen LogP contribution in [0.25, 0.3) is 33.1 Å². The molecule has 0 aromatic carbocycles. The Kier molecular flexibility index (Phi) is 23.8. The summed E-state index contributed by atoms with van der Waals surface area (Å²) in [6.07, 6.45) is -12.4. The summed E-state index contributed by atoms with van der Waals surface area (Å²) in [5.41, 5.74) is 7.88. The molecule has 560 valence electrons. The Hall–Kier alpha value is -10.4. The van der Waals surface area contributed by atoms with Gasteiger partial charge in [0.1, 0.15) is 58.0 Å². The second kappa shape index (κ2) is 31.3.